The van der Waals surface area contributed by atoms with E-state index in [2.05, 4.69) is 10.3 Å². The van der Waals surface area contributed by atoms with Gasteiger partial charge in [-0.05, 0) is 29.8 Å². The molecule has 0 fully saturated rings. The predicted octanol–water partition coefficient (Wildman–Crippen LogP) is 4.22. The SMILES string of the molecule is COc1cc(CSCc2csc(NC(=O)CCN3C(=O)c4ccccc4C3=O)n2)cc(OC)c1. The van der Waals surface area contributed by atoms with Gasteiger partial charge in [-0.3, -0.25) is 19.3 Å². The van der Waals surface area contributed by atoms with Crippen LogP contribution in [0.2, 0.25) is 0 Å². The number of carbonyl (C=O) groups is 3. The summed E-state index contributed by atoms with van der Waals surface area (Å²) in [6.45, 7) is 0.0241. The van der Waals surface area contributed by atoms with Gasteiger partial charge in [0.05, 0.1) is 31.0 Å². The molecule has 1 aromatic heterocycles. The Labute approximate surface area is 205 Å². The van der Waals surface area contributed by atoms with Gasteiger partial charge in [-0.15, -0.1) is 11.3 Å². The van der Waals surface area contributed by atoms with Crippen LogP contribution in [0.3, 0.4) is 0 Å². The Morgan fingerprint density at radius 2 is 1.68 bits per heavy atom. The number of nitrogens with zero attached hydrogens (tertiary/aromatic N) is 2. The average Bonchev–Trinajstić information content (AvgIpc) is 3.39. The van der Waals surface area contributed by atoms with Crippen molar-refractivity contribution in [3.63, 3.8) is 0 Å². The quantitative estimate of drug-likeness (QED) is 0.419. The van der Waals surface area contributed by atoms with E-state index in [1.165, 1.54) is 11.3 Å². The third-order valence-electron chi connectivity index (χ3n) is 5.17. The minimum Gasteiger partial charge on any atom is -0.497 e. The topological polar surface area (TPSA) is 97.8 Å². The fraction of sp³-hybridized carbons (Fsp3) is 0.250. The number of methoxy groups -OCH3 is 2. The number of amides is 3. The van der Waals surface area contributed by atoms with Gasteiger partial charge < -0.3 is 14.8 Å². The van der Waals surface area contributed by atoms with Crippen LogP contribution in [0, 0.1) is 0 Å². The molecule has 3 amide bonds. The molecular weight excluding hydrogens is 474 g/mol. The number of nitrogens with one attached hydrogen (secondary N) is 1. The smallest absolute Gasteiger partial charge is 0.261 e. The highest BCUT2D eigenvalue weighted by Gasteiger charge is 2.34. The maximum absolute atomic E-state index is 12.4. The summed E-state index contributed by atoms with van der Waals surface area (Å²) < 4.78 is 10.6. The minimum absolute atomic E-state index is 0.00675. The zero-order chi connectivity index (χ0) is 24.1. The van der Waals surface area contributed by atoms with Crippen LogP contribution in [0.5, 0.6) is 11.5 Å². The maximum Gasteiger partial charge on any atom is 0.261 e. The lowest BCUT2D eigenvalue weighted by molar-refractivity contribution is -0.116. The van der Waals surface area contributed by atoms with Gasteiger partial charge in [-0.2, -0.15) is 11.8 Å². The number of rotatable bonds is 10. The highest BCUT2D eigenvalue weighted by molar-refractivity contribution is 7.97. The van der Waals surface area contributed by atoms with Crippen molar-refractivity contribution in [2.45, 2.75) is 17.9 Å². The molecule has 0 saturated heterocycles. The number of anilines is 1. The van der Waals surface area contributed by atoms with Crippen LogP contribution in [-0.4, -0.2) is 48.4 Å². The number of hydrogen-bond donors (Lipinski definition) is 1. The largest absolute Gasteiger partial charge is 0.497 e. The summed E-state index contributed by atoms with van der Waals surface area (Å²) in [5.41, 5.74) is 2.70. The summed E-state index contributed by atoms with van der Waals surface area (Å²) in [5, 5.41) is 5.15. The van der Waals surface area contributed by atoms with E-state index in [-0.39, 0.29) is 30.7 Å². The molecule has 1 N–H and O–H groups in total. The number of aromatic nitrogens is 1. The van der Waals surface area contributed by atoms with Crippen LogP contribution in [0.1, 0.15) is 38.4 Å². The molecule has 1 aliphatic heterocycles. The molecule has 0 aliphatic carbocycles. The lowest BCUT2D eigenvalue weighted by Crippen LogP contribution is -2.32. The molecule has 0 saturated carbocycles. The van der Waals surface area contributed by atoms with Gasteiger partial charge in [0.15, 0.2) is 5.13 Å². The molecule has 10 heteroatoms. The van der Waals surface area contributed by atoms with Crippen molar-refractivity contribution in [1.29, 1.82) is 0 Å². The van der Waals surface area contributed by atoms with E-state index < -0.39 is 0 Å². The zero-order valence-corrected chi connectivity index (χ0v) is 20.3. The molecular formula is C24H23N3O5S2. The number of thioether (sulfide) groups is 1. The molecule has 8 nitrogen and oxygen atoms in total. The first-order valence-electron chi connectivity index (χ1n) is 10.5. The minimum atomic E-state index is -0.365. The predicted molar refractivity (Wildman–Crippen MR) is 132 cm³/mol. The summed E-state index contributed by atoms with van der Waals surface area (Å²) in [7, 11) is 3.24. The molecule has 2 aromatic carbocycles. The van der Waals surface area contributed by atoms with E-state index in [4.69, 9.17) is 9.47 Å². The van der Waals surface area contributed by atoms with Crippen molar-refractivity contribution in [2.24, 2.45) is 0 Å². The summed E-state index contributed by atoms with van der Waals surface area (Å²) in [5.74, 6) is 1.90. The first-order chi connectivity index (χ1) is 16.5. The Morgan fingerprint density at radius 1 is 1.03 bits per heavy atom. The average molecular weight is 498 g/mol. The summed E-state index contributed by atoms with van der Waals surface area (Å²) in [6.07, 6.45) is 0.00675. The monoisotopic (exact) mass is 497 g/mol. The van der Waals surface area contributed by atoms with Gasteiger partial charge in [0.1, 0.15) is 11.5 Å². The second kappa shape index (κ2) is 10.7. The highest BCUT2D eigenvalue weighted by atomic mass is 32.2. The Bertz CT molecular complexity index is 1170. The second-order valence-corrected chi connectivity index (χ2v) is 9.31. The van der Waals surface area contributed by atoms with Crippen molar-refractivity contribution in [1.82, 2.24) is 9.88 Å². The highest BCUT2D eigenvalue weighted by Crippen LogP contribution is 2.27. The summed E-state index contributed by atoms with van der Waals surface area (Å²) >= 11 is 3.03. The Kier molecular flexibility index (Phi) is 7.49. The van der Waals surface area contributed by atoms with Gasteiger partial charge in [0.2, 0.25) is 5.91 Å². The first kappa shape index (κ1) is 23.8. The zero-order valence-electron chi connectivity index (χ0n) is 18.7. The lowest BCUT2D eigenvalue weighted by Gasteiger charge is -2.12. The fourth-order valence-electron chi connectivity index (χ4n) is 3.49. The van der Waals surface area contributed by atoms with Gasteiger partial charge in [0.25, 0.3) is 11.8 Å². The fourth-order valence-corrected chi connectivity index (χ4v) is 5.18. The van der Waals surface area contributed by atoms with E-state index in [0.29, 0.717) is 22.0 Å². The Morgan fingerprint density at radius 3 is 2.29 bits per heavy atom. The summed E-state index contributed by atoms with van der Waals surface area (Å²) in [4.78, 5) is 42.7. The number of thiazole rings is 1. The van der Waals surface area contributed by atoms with Crippen molar-refractivity contribution in [2.75, 3.05) is 26.1 Å². The van der Waals surface area contributed by atoms with Crippen molar-refractivity contribution >= 4 is 46.0 Å². The van der Waals surface area contributed by atoms with E-state index in [0.717, 1.165) is 33.4 Å². The number of imide groups is 1. The molecule has 176 valence electrons. The van der Waals surface area contributed by atoms with E-state index >= 15 is 0 Å². The van der Waals surface area contributed by atoms with Crippen LogP contribution in [0.15, 0.2) is 47.8 Å². The normalized spacial score (nSPS) is 12.6. The Balaban J connectivity index is 1.24. The Hall–Kier alpha value is -3.37. The number of hydrogen-bond acceptors (Lipinski definition) is 8. The van der Waals surface area contributed by atoms with Gasteiger partial charge in [0, 0.05) is 35.9 Å². The van der Waals surface area contributed by atoms with Crippen molar-refractivity contribution in [3.05, 3.63) is 70.2 Å². The molecule has 0 atom stereocenters. The lowest BCUT2D eigenvalue weighted by atomic mass is 10.1. The third-order valence-corrected chi connectivity index (χ3v) is 7.01. The number of carbonyl (C=O) groups excluding carboxylic acids is 3. The molecule has 3 aromatic rings. The van der Waals surface area contributed by atoms with E-state index in [1.54, 1.807) is 50.2 Å². The number of fused-ring (bicyclic) bond motifs is 1. The molecule has 2 heterocycles. The molecule has 0 radical (unpaired) electrons. The second-order valence-electron chi connectivity index (χ2n) is 7.46. The van der Waals surface area contributed by atoms with Crippen LogP contribution < -0.4 is 14.8 Å². The van der Waals surface area contributed by atoms with Gasteiger partial charge in [-0.1, -0.05) is 12.1 Å². The van der Waals surface area contributed by atoms with Crippen LogP contribution in [0.4, 0.5) is 5.13 Å². The molecule has 0 bridgehead atoms. The van der Waals surface area contributed by atoms with Gasteiger partial charge in [-0.25, -0.2) is 4.98 Å². The maximum atomic E-state index is 12.4. The molecule has 1 aliphatic rings. The van der Waals surface area contributed by atoms with Crippen LogP contribution >= 0.6 is 23.1 Å². The van der Waals surface area contributed by atoms with Crippen LogP contribution in [0.25, 0.3) is 0 Å². The van der Waals surface area contributed by atoms with Gasteiger partial charge >= 0.3 is 0 Å². The number of benzene rings is 2. The molecule has 34 heavy (non-hydrogen) atoms. The first-order valence-corrected chi connectivity index (χ1v) is 12.5. The standard InChI is InChI=1S/C24H23N3O5S2/c1-31-17-9-15(10-18(11-17)32-2)12-33-13-16-14-34-24(25-16)26-21(28)7-8-27-22(29)19-5-3-4-6-20(19)23(27)30/h3-6,9-11,14H,7-8,12-13H2,1-2H3,(H,25,26,28). The van der Waals surface area contributed by atoms with Crippen LogP contribution in [-0.2, 0) is 16.3 Å². The van der Waals surface area contributed by atoms with E-state index in [9.17, 15) is 14.4 Å². The number of ether oxygens (including phenoxy) is 2. The summed E-state index contributed by atoms with van der Waals surface area (Å²) in [6, 6.07) is 12.4. The third kappa shape index (κ3) is 5.40. The van der Waals surface area contributed by atoms with Crippen molar-refractivity contribution < 1.29 is 23.9 Å². The molecule has 0 unspecified atom stereocenters. The van der Waals surface area contributed by atoms with E-state index in [1.807, 2.05) is 23.6 Å². The van der Waals surface area contributed by atoms with Crippen molar-refractivity contribution in [3.8, 4) is 11.5 Å². The molecule has 4 rings (SSSR count). The molecule has 0 spiro atoms.